The van der Waals surface area contributed by atoms with Crippen LogP contribution in [0.15, 0.2) is 50.7 Å². The third kappa shape index (κ3) is 2.69. The highest BCUT2D eigenvalue weighted by atomic mass is 79.9. The molecule has 0 heterocycles. The van der Waals surface area contributed by atoms with Gasteiger partial charge in [0.1, 0.15) is 6.07 Å². The topological polar surface area (TPSA) is 23.8 Å². The lowest BCUT2D eigenvalue weighted by Gasteiger charge is -2.07. The van der Waals surface area contributed by atoms with E-state index >= 15 is 0 Å². The Morgan fingerprint density at radius 2 is 1.89 bits per heavy atom. The number of benzene rings is 2. The number of nitrogens with zero attached hydrogens (tertiary/aromatic N) is 1. The van der Waals surface area contributed by atoms with E-state index in [4.69, 9.17) is 16.9 Å². The van der Waals surface area contributed by atoms with Crippen molar-refractivity contribution in [3.05, 3.63) is 57.3 Å². The summed E-state index contributed by atoms with van der Waals surface area (Å²) in [5.41, 5.74) is 0.274. The summed E-state index contributed by atoms with van der Waals surface area (Å²) in [4.78, 5) is 1.20. The van der Waals surface area contributed by atoms with Crippen molar-refractivity contribution in [3.63, 3.8) is 0 Å². The highest BCUT2D eigenvalue weighted by Crippen LogP contribution is 2.37. The first-order valence-electron chi connectivity index (χ1n) is 4.94. The van der Waals surface area contributed by atoms with E-state index in [0.717, 1.165) is 4.90 Å². The molecule has 2 rings (SSSR count). The maximum atomic E-state index is 14.0. The Balaban J connectivity index is 2.40. The molecule has 0 saturated heterocycles. The van der Waals surface area contributed by atoms with Gasteiger partial charge in [-0.15, -0.1) is 0 Å². The molecular formula is C13H6BrClFNS. The third-order valence-electron chi connectivity index (χ3n) is 2.22. The second kappa shape index (κ2) is 5.75. The van der Waals surface area contributed by atoms with Crippen LogP contribution in [0.1, 0.15) is 5.56 Å². The molecule has 0 aliphatic heterocycles. The fraction of sp³-hybridized carbons (Fsp3) is 0. The second-order valence-electron chi connectivity index (χ2n) is 3.38. The molecular weight excluding hydrogens is 337 g/mol. The lowest BCUT2D eigenvalue weighted by molar-refractivity contribution is 0.594. The van der Waals surface area contributed by atoms with Crippen LogP contribution >= 0.6 is 39.3 Å². The van der Waals surface area contributed by atoms with E-state index in [1.54, 1.807) is 18.2 Å². The predicted molar refractivity (Wildman–Crippen MR) is 74.4 cm³/mol. The van der Waals surface area contributed by atoms with E-state index in [1.807, 2.05) is 24.3 Å². The Labute approximate surface area is 122 Å². The minimum absolute atomic E-state index is 0.182. The first-order chi connectivity index (χ1) is 8.63. The van der Waals surface area contributed by atoms with Crippen molar-refractivity contribution >= 4 is 39.3 Å². The molecule has 0 aromatic heterocycles. The average molecular weight is 343 g/mol. The molecule has 1 nitrogen and oxygen atoms in total. The van der Waals surface area contributed by atoms with Crippen molar-refractivity contribution in [3.8, 4) is 6.07 Å². The highest BCUT2D eigenvalue weighted by molar-refractivity contribution is 9.10. The van der Waals surface area contributed by atoms with E-state index < -0.39 is 5.82 Å². The van der Waals surface area contributed by atoms with Gasteiger partial charge in [-0.3, -0.25) is 0 Å². The molecule has 0 aliphatic carbocycles. The van der Waals surface area contributed by atoms with Crippen molar-refractivity contribution in [2.75, 3.05) is 0 Å². The lowest BCUT2D eigenvalue weighted by atomic mass is 10.2. The number of hydrogen-bond acceptors (Lipinski definition) is 2. The Kier molecular flexibility index (Phi) is 4.28. The zero-order valence-corrected chi connectivity index (χ0v) is 12.1. The predicted octanol–water partition coefficient (Wildman–Crippen LogP) is 5.26. The van der Waals surface area contributed by atoms with Gasteiger partial charge in [-0.2, -0.15) is 5.26 Å². The van der Waals surface area contributed by atoms with Gasteiger partial charge in [0.05, 0.1) is 15.1 Å². The van der Waals surface area contributed by atoms with Crippen LogP contribution in [0.5, 0.6) is 0 Å². The molecule has 0 unspecified atom stereocenters. The normalized spacial score (nSPS) is 10.1. The third-order valence-corrected chi connectivity index (χ3v) is 4.55. The fourth-order valence-corrected chi connectivity index (χ4v) is 3.04. The van der Waals surface area contributed by atoms with Crippen LogP contribution in [0, 0.1) is 17.1 Å². The minimum atomic E-state index is -0.445. The summed E-state index contributed by atoms with van der Waals surface area (Å²) in [6.07, 6.45) is 0. The van der Waals surface area contributed by atoms with Gasteiger partial charge in [0.2, 0.25) is 0 Å². The van der Waals surface area contributed by atoms with Crippen molar-refractivity contribution in [2.24, 2.45) is 0 Å². The largest absolute Gasteiger partial charge is 0.204 e. The maximum absolute atomic E-state index is 14.0. The molecule has 18 heavy (non-hydrogen) atoms. The standard InChI is InChI=1S/C13H6BrClFNS/c14-12-8(7-17)5-6-11(13(12)16)18-10-4-2-1-3-9(10)15/h1-6H. The second-order valence-corrected chi connectivity index (χ2v) is 5.67. The summed E-state index contributed by atoms with van der Waals surface area (Å²) in [5, 5.41) is 9.36. The van der Waals surface area contributed by atoms with Gasteiger partial charge in [0, 0.05) is 9.79 Å². The molecule has 0 bridgehead atoms. The summed E-state index contributed by atoms with van der Waals surface area (Å²) in [5.74, 6) is -0.445. The molecule has 0 atom stereocenters. The van der Waals surface area contributed by atoms with Gasteiger partial charge in [0.15, 0.2) is 5.82 Å². The average Bonchev–Trinajstić information content (AvgIpc) is 2.38. The van der Waals surface area contributed by atoms with Crippen LogP contribution in [-0.4, -0.2) is 0 Å². The monoisotopic (exact) mass is 341 g/mol. The molecule has 2 aromatic carbocycles. The molecule has 0 saturated carbocycles. The molecule has 0 spiro atoms. The molecule has 0 N–H and O–H groups in total. The molecule has 0 amide bonds. The van der Waals surface area contributed by atoms with Gasteiger partial charge in [-0.1, -0.05) is 35.5 Å². The number of hydrogen-bond donors (Lipinski definition) is 0. The van der Waals surface area contributed by atoms with Crippen LogP contribution in [0.25, 0.3) is 0 Å². The first kappa shape index (κ1) is 13.4. The number of rotatable bonds is 2. The highest BCUT2D eigenvalue weighted by Gasteiger charge is 2.13. The summed E-state index contributed by atoms with van der Waals surface area (Å²) >= 11 is 10.3. The van der Waals surface area contributed by atoms with Gasteiger partial charge >= 0.3 is 0 Å². The lowest BCUT2D eigenvalue weighted by Crippen LogP contribution is -1.88. The van der Waals surface area contributed by atoms with E-state index in [1.165, 1.54) is 11.8 Å². The summed E-state index contributed by atoms with van der Waals surface area (Å²) in [6, 6.07) is 12.3. The zero-order chi connectivity index (χ0) is 13.1. The molecule has 5 heteroatoms. The molecule has 0 aliphatic rings. The Morgan fingerprint density at radius 3 is 2.56 bits per heavy atom. The van der Waals surface area contributed by atoms with Gasteiger partial charge in [0.25, 0.3) is 0 Å². The van der Waals surface area contributed by atoms with Crippen LogP contribution in [0.4, 0.5) is 4.39 Å². The van der Waals surface area contributed by atoms with Crippen molar-refractivity contribution in [2.45, 2.75) is 9.79 Å². The minimum Gasteiger partial charge on any atom is -0.204 e. The summed E-state index contributed by atoms with van der Waals surface area (Å²) < 4.78 is 14.2. The van der Waals surface area contributed by atoms with Crippen LogP contribution in [0.2, 0.25) is 5.02 Å². The molecule has 0 fully saturated rings. The van der Waals surface area contributed by atoms with Crippen LogP contribution in [0.3, 0.4) is 0 Å². The molecule has 90 valence electrons. The smallest absolute Gasteiger partial charge is 0.152 e. The summed E-state index contributed by atoms with van der Waals surface area (Å²) in [6.45, 7) is 0. The Morgan fingerprint density at radius 1 is 1.17 bits per heavy atom. The van der Waals surface area contributed by atoms with E-state index in [0.29, 0.717) is 9.92 Å². The van der Waals surface area contributed by atoms with Gasteiger partial charge in [-0.25, -0.2) is 4.39 Å². The number of nitriles is 1. The quantitative estimate of drug-likeness (QED) is 0.743. The maximum Gasteiger partial charge on any atom is 0.152 e. The van der Waals surface area contributed by atoms with Crippen molar-refractivity contribution in [1.82, 2.24) is 0 Å². The number of halogens is 3. The summed E-state index contributed by atoms with van der Waals surface area (Å²) in [7, 11) is 0. The Hall–Kier alpha value is -1.02. The van der Waals surface area contributed by atoms with Gasteiger partial charge in [-0.05, 0) is 40.2 Å². The SMILES string of the molecule is N#Cc1ccc(Sc2ccccc2Cl)c(F)c1Br. The fourth-order valence-electron chi connectivity index (χ4n) is 1.34. The Bertz CT molecular complexity index is 639. The first-order valence-corrected chi connectivity index (χ1v) is 6.92. The van der Waals surface area contributed by atoms with Crippen molar-refractivity contribution < 1.29 is 4.39 Å². The van der Waals surface area contributed by atoms with Crippen molar-refractivity contribution in [1.29, 1.82) is 5.26 Å². The van der Waals surface area contributed by atoms with E-state index in [2.05, 4.69) is 15.9 Å². The van der Waals surface area contributed by atoms with E-state index in [9.17, 15) is 4.39 Å². The van der Waals surface area contributed by atoms with E-state index in [-0.39, 0.29) is 10.0 Å². The molecule has 2 aromatic rings. The van der Waals surface area contributed by atoms with Crippen LogP contribution < -0.4 is 0 Å². The van der Waals surface area contributed by atoms with Gasteiger partial charge < -0.3 is 0 Å². The zero-order valence-electron chi connectivity index (χ0n) is 8.95. The molecule has 0 radical (unpaired) electrons. The van der Waals surface area contributed by atoms with Crippen LogP contribution in [-0.2, 0) is 0 Å².